The summed E-state index contributed by atoms with van der Waals surface area (Å²) in [6, 6.07) is 6.67. The molecule has 0 N–H and O–H groups in total. The summed E-state index contributed by atoms with van der Waals surface area (Å²) in [5.41, 5.74) is -2.33. The first-order chi connectivity index (χ1) is 9.30. The topological polar surface area (TPSA) is 56.0 Å². The minimum Gasteiger partial charge on any atom is -0.258 e. The predicted octanol–water partition coefficient (Wildman–Crippen LogP) is 4.33. The molecule has 20 heavy (non-hydrogen) atoms. The molecule has 8 heteroatoms. The minimum atomic E-state index is -4.64. The first-order valence-electron chi connectivity index (χ1n) is 5.28. The Morgan fingerprint density at radius 2 is 1.80 bits per heavy atom. The lowest BCUT2D eigenvalue weighted by Gasteiger charge is -2.12. The molecule has 0 aliphatic carbocycles. The molecule has 1 aromatic carbocycles. The van der Waals surface area contributed by atoms with E-state index in [4.69, 9.17) is 11.6 Å². The van der Waals surface area contributed by atoms with E-state index in [9.17, 15) is 23.3 Å². The zero-order valence-corrected chi connectivity index (χ0v) is 10.4. The van der Waals surface area contributed by atoms with Gasteiger partial charge in [-0.25, -0.2) is 4.98 Å². The largest absolute Gasteiger partial charge is 0.417 e. The van der Waals surface area contributed by atoms with E-state index in [0.29, 0.717) is 0 Å². The quantitative estimate of drug-likeness (QED) is 0.471. The van der Waals surface area contributed by atoms with Crippen LogP contribution in [0.4, 0.5) is 18.9 Å². The van der Waals surface area contributed by atoms with Crippen LogP contribution in [0.1, 0.15) is 5.56 Å². The van der Waals surface area contributed by atoms with Crippen molar-refractivity contribution in [3.8, 4) is 11.3 Å². The van der Waals surface area contributed by atoms with Gasteiger partial charge in [-0.1, -0.05) is 29.8 Å². The van der Waals surface area contributed by atoms with Crippen LogP contribution in [0.2, 0.25) is 5.15 Å². The third-order valence-corrected chi connectivity index (χ3v) is 2.73. The van der Waals surface area contributed by atoms with Gasteiger partial charge in [-0.2, -0.15) is 13.2 Å². The fraction of sp³-hybridized carbons (Fsp3) is 0.0833. The molecule has 0 bridgehead atoms. The molecule has 0 fully saturated rings. The maximum Gasteiger partial charge on any atom is 0.417 e. The second kappa shape index (κ2) is 5.09. The molecule has 0 amide bonds. The molecule has 0 saturated carbocycles. The van der Waals surface area contributed by atoms with Crippen molar-refractivity contribution in [2.24, 2.45) is 0 Å². The van der Waals surface area contributed by atoms with E-state index >= 15 is 0 Å². The number of aromatic nitrogens is 1. The van der Waals surface area contributed by atoms with Crippen LogP contribution in [-0.4, -0.2) is 9.91 Å². The van der Waals surface area contributed by atoms with E-state index in [2.05, 4.69) is 4.98 Å². The fourth-order valence-corrected chi connectivity index (χ4v) is 1.86. The van der Waals surface area contributed by atoms with Gasteiger partial charge in [-0.05, 0) is 12.1 Å². The number of alkyl halides is 3. The van der Waals surface area contributed by atoms with Gasteiger partial charge in [0.05, 0.1) is 10.5 Å². The van der Waals surface area contributed by atoms with E-state index in [0.717, 1.165) is 24.3 Å². The third-order valence-electron chi connectivity index (χ3n) is 2.52. The van der Waals surface area contributed by atoms with E-state index in [1.165, 1.54) is 12.1 Å². The van der Waals surface area contributed by atoms with Crippen LogP contribution < -0.4 is 0 Å². The van der Waals surface area contributed by atoms with Crippen LogP contribution in [-0.2, 0) is 6.18 Å². The number of hydrogen-bond acceptors (Lipinski definition) is 3. The Labute approximate surface area is 116 Å². The Kier molecular flexibility index (Phi) is 3.63. The highest BCUT2D eigenvalue weighted by Gasteiger charge is 2.35. The average Bonchev–Trinajstić information content (AvgIpc) is 2.37. The normalized spacial score (nSPS) is 11.4. The van der Waals surface area contributed by atoms with Crippen molar-refractivity contribution in [3.63, 3.8) is 0 Å². The molecular weight excluding hydrogens is 297 g/mol. The summed E-state index contributed by atoms with van der Waals surface area (Å²) in [6.07, 6.45) is -4.64. The van der Waals surface area contributed by atoms with Crippen LogP contribution in [0, 0.1) is 10.1 Å². The molecule has 2 aromatic rings. The Morgan fingerprint density at radius 1 is 1.15 bits per heavy atom. The third kappa shape index (κ3) is 2.72. The van der Waals surface area contributed by atoms with Gasteiger partial charge < -0.3 is 0 Å². The summed E-state index contributed by atoms with van der Waals surface area (Å²) in [5.74, 6) is 0. The van der Waals surface area contributed by atoms with Gasteiger partial charge in [0.1, 0.15) is 5.15 Å². The van der Waals surface area contributed by atoms with Crippen LogP contribution in [0.5, 0.6) is 0 Å². The van der Waals surface area contributed by atoms with Crippen molar-refractivity contribution < 1.29 is 18.1 Å². The molecule has 0 atom stereocenters. The van der Waals surface area contributed by atoms with E-state index < -0.39 is 28.0 Å². The maximum absolute atomic E-state index is 12.9. The summed E-state index contributed by atoms with van der Waals surface area (Å²) < 4.78 is 38.8. The number of rotatable bonds is 2. The van der Waals surface area contributed by atoms with Crippen molar-refractivity contribution in [3.05, 3.63) is 57.2 Å². The lowest BCUT2D eigenvalue weighted by Crippen LogP contribution is -2.08. The van der Waals surface area contributed by atoms with Gasteiger partial charge in [0.2, 0.25) is 0 Å². The summed E-state index contributed by atoms with van der Waals surface area (Å²) in [6.45, 7) is 0. The van der Waals surface area contributed by atoms with Gasteiger partial charge in [0.25, 0.3) is 5.69 Å². The van der Waals surface area contributed by atoms with Crippen LogP contribution in [0.3, 0.4) is 0 Å². The van der Waals surface area contributed by atoms with Crippen molar-refractivity contribution in [1.82, 2.24) is 4.98 Å². The van der Waals surface area contributed by atoms with E-state index in [1.807, 2.05) is 0 Å². The van der Waals surface area contributed by atoms with Gasteiger partial charge >= 0.3 is 6.18 Å². The molecule has 1 aromatic heterocycles. The summed E-state index contributed by atoms with van der Waals surface area (Å²) in [7, 11) is 0. The monoisotopic (exact) mass is 302 g/mol. The average molecular weight is 303 g/mol. The molecule has 4 nitrogen and oxygen atoms in total. The standard InChI is InChI=1S/C12H6ClF3N2O2/c13-10-6-5-9(18(19)20)11(17-10)7-3-1-2-4-8(7)12(14,15)16/h1-6H. The lowest BCUT2D eigenvalue weighted by molar-refractivity contribution is -0.384. The first-order valence-corrected chi connectivity index (χ1v) is 5.66. The molecule has 1 heterocycles. The van der Waals surface area contributed by atoms with Crippen molar-refractivity contribution >= 4 is 17.3 Å². The smallest absolute Gasteiger partial charge is 0.258 e. The van der Waals surface area contributed by atoms with Crippen LogP contribution in [0.25, 0.3) is 11.3 Å². The number of benzene rings is 1. The summed E-state index contributed by atoms with van der Waals surface area (Å²) >= 11 is 5.62. The van der Waals surface area contributed by atoms with Crippen molar-refractivity contribution in [1.29, 1.82) is 0 Å². The zero-order valence-electron chi connectivity index (χ0n) is 9.69. The molecule has 0 spiro atoms. The highest BCUT2D eigenvalue weighted by Crippen LogP contribution is 2.39. The molecular formula is C12H6ClF3N2O2. The predicted molar refractivity (Wildman–Crippen MR) is 66.3 cm³/mol. The van der Waals surface area contributed by atoms with Gasteiger partial charge in [0.15, 0.2) is 5.69 Å². The number of halogens is 4. The number of nitrogens with zero attached hydrogens (tertiary/aromatic N) is 2. The Hall–Kier alpha value is -2.15. The Bertz CT molecular complexity index is 674. The fourth-order valence-electron chi connectivity index (χ4n) is 1.71. The van der Waals surface area contributed by atoms with E-state index in [-0.39, 0.29) is 10.7 Å². The minimum absolute atomic E-state index is 0.123. The molecule has 0 saturated heterocycles. The van der Waals surface area contributed by atoms with Crippen LogP contribution in [0.15, 0.2) is 36.4 Å². The second-order valence-corrected chi connectivity index (χ2v) is 4.19. The summed E-state index contributed by atoms with van der Waals surface area (Å²) in [5, 5.41) is 10.8. The molecule has 104 valence electrons. The molecule has 0 aliphatic heterocycles. The van der Waals surface area contributed by atoms with Crippen molar-refractivity contribution in [2.75, 3.05) is 0 Å². The lowest BCUT2D eigenvalue weighted by atomic mass is 10.0. The van der Waals surface area contributed by atoms with Gasteiger partial charge in [-0.15, -0.1) is 0 Å². The maximum atomic E-state index is 12.9. The Morgan fingerprint density at radius 3 is 2.40 bits per heavy atom. The molecule has 0 aliphatic rings. The highest BCUT2D eigenvalue weighted by atomic mass is 35.5. The molecule has 2 rings (SSSR count). The molecule has 0 unspecified atom stereocenters. The number of pyridine rings is 1. The van der Waals surface area contributed by atoms with Gasteiger partial charge in [-0.3, -0.25) is 10.1 Å². The zero-order chi connectivity index (χ0) is 14.9. The highest BCUT2D eigenvalue weighted by molar-refractivity contribution is 6.29. The second-order valence-electron chi connectivity index (χ2n) is 3.80. The SMILES string of the molecule is O=[N+]([O-])c1ccc(Cl)nc1-c1ccccc1C(F)(F)F. The number of nitro groups is 1. The summed E-state index contributed by atoms with van der Waals surface area (Å²) in [4.78, 5) is 13.8. The Balaban J connectivity index is 2.75. The van der Waals surface area contributed by atoms with Crippen molar-refractivity contribution in [2.45, 2.75) is 6.18 Å². The van der Waals surface area contributed by atoms with Gasteiger partial charge in [0, 0.05) is 11.6 Å². The van der Waals surface area contributed by atoms with E-state index in [1.54, 1.807) is 0 Å². The number of hydrogen-bond donors (Lipinski definition) is 0. The van der Waals surface area contributed by atoms with Crippen LogP contribution >= 0.6 is 11.6 Å². The first kappa shape index (κ1) is 14.3. The molecule has 0 radical (unpaired) electrons.